The molecule has 0 amide bonds. The van der Waals surface area contributed by atoms with Gasteiger partial charge in [0.05, 0.1) is 12.1 Å². The standard InChI is InChI=1S/C13H17ClNO/c1-9-3-4-11(12(14)7-9)13-8-10(16-2)5-6-15-13/h3-4,7,10,13H,5-6,8H2,1-2H3. The number of ether oxygens (including phenoxy) is 1. The lowest BCUT2D eigenvalue weighted by molar-refractivity contribution is 0.0608. The summed E-state index contributed by atoms with van der Waals surface area (Å²) in [6, 6.07) is 6.38. The van der Waals surface area contributed by atoms with Gasteiger partial charge in [-0.2, -0.15) is 0 Å². The van der Waals surface area contributed by atoms with E-state index in [9.17, 15) is 0 Å². The molecule has 0 bridgehead atoms. The third-order valence-corrected chi connectivity index (χ3v) is 3.46. The zero-order valence-corrected chi connectivity index (χ0v) is 10.5. The van der Waals surface area contributed by atoms with Crippen LogP contribution in [0.4, 0.5) is 0 Å². The van der Waals surface area contributed by atoms with Gasteiger partial charge < -0.3 is 4.74 Å². The lowest BCUT2D eigenvalue weighted by atomic mass is 9.95. The maximum atomic E-state index is 6.25. The van der Waals surface area contributed by atoms with Gasteiger partial charge in [0.1, 0.15) is 0 Å². The monoisotopic (exact) mass is 238 g/mol. The van der Waals surface area contributed by atoms with Crippen LogP contribution < -0.4 is 5.32 Å². The van der Waals surface area contributed by atoms with Crippen LogP contribution in [0, 0.1) is 6.92 Å². The fourth-order valence-electron chi connectivity index (χ4n) is 2.16. The van der Waals surface area contributed by atoms with Crippen molar-refractivity contribution in [3.05, 3.63) is 34.3 Å². The molecule has 2 atom stereocenters. The minimum Gasteiger partial charge on any atom is -0.381 e. The van der Waals surface area contributed by atoms with Gasteiger partial charge in [-0.1, -0.05) is 23.7 Å². The van der Waals surface area contributed by atoms with Gasteiger partial charge in [0.25, 0.3) is 0 Å². The van der Waals surface area contributed by atoms with Crippen molar-refractivity contribution >= 4 is 11.6 Å². The van der Waals surface area contributed by atoms with Gasteiger partial charge in [-0.15, -0.1) is 0 Å². The van der Waals surface area contributed by atoms with Gasteiger partial charge in [0.15, 0.2) is 0 Å². The molecule has 1 aliphatic heterocycles. The molecule has 1 radical (unpaired) electrons. The summed E-state index contributed by atoms with van der Waals surface area (Å²) in [5.74, 6) is 0. The number of halogens is 1. The van der Waals surface area contributed by atoms with Crippen LogP contribution in [0.2, 0.25) is 5.02 Å². The van der Waals surface area contributed by atoms with Gasteiger partial charge in [-0.05, 0) is 37.0 Å². The summed E-state index contributed by atoms with van der Waals surface area (Å²) >= 11 is 6.25. The van der Waals surface area contributed by atoms with Crippen LogP contribution in [0.15, 0.2) is 18.2 Å². The molecule has 1 aliphatic rings. The number of nitrogens with zero attached hydrogens (tertiary/aromatic N) is 1. The summed E-state index contributed by atoms with van der Waals surface area (Å²) in [6.45, 7) is 2.92. The average molecular weight is 239 g/mol. The number of methoxy groups -OCH3 is 1. The maximum Gasteiger partial charge on any atom is 0.0602 e. The van der Waals surface area contributed by atoms with Crippen LogP contribution in [0.3, 0.4) is 0 Å². The highest BCUT2D eigenvalue weighted by atomic mass is 35.5. The van der Waals surface area contributed by atoms with Gasteiger partial charge in [0, 0.05) is 18.7 Å². The van der Waals surface area contributed by atoms with E-state index in [1.807, 2.05) is 13.0 Å². The normalized spacial score (nSPS) is 25.7. The largest absolute Gasteiger partial charge is 0.381 e. The topological polar surface area (TPSA) is 23.3 Å². The Morgan fingerprint density at radius 2 is 2.25 bits per heavy atom. The van der Waals surface area contributed by atoms with Crippen LogP contribution in [0.1, 0.15) is 30.0 Å². The minimum atomic E-state index is 0.201. The minimum absolute atomic E-state index is 0.201. The Morgan fingerprint density at radius 1 is 1.44 bits per heavy atom. The Kier molecular flexibility index (Phi) is 3.85. The molecule has 1 heterocycles. The Labute approximate surface area is 102 Å². The van der Waals surface area contributed by atoms with Crippen LogP contribution >= 0.6 is 11.6 Å². The number of rotatable bonds is 2. The molecule has 16 heavy (non-hydrogen) atoms. The highest BCUT2D eigenvalue weighted by Gasteiger charge is 2.24. The first kappa shape index (κ1) is 11.9. The summed E-state index contributed by atoms with van der Waals surface area (Å²) in [5.41, 5.74) is 2.32. The molecule has 0 spiro atoms. The molecule has 0 N–H and O–H groups in total. The van der Waals surface area contributed by atoms with Crippen molar-refractivity contribution in [3.8, 4) is 0 Å². The fraction of sp³-hybridized carbons (Fsp3) is 0.538. The fourth-order valence-corrected chi connectivity index (χ4v) is 2.52. The number of benzene rings is 1. The molecule has 2 unspecified atom stereocenters. The van der Waals surface area contributed by atoms with E-state index in [2.05, 4.69) is 17.4 Å². The molecular formula is C13H17ClNO. The van der Waals surface area contributed by atoms with E-state index in [1.165, 1.54) is 5.56 Å². The smallest absolute Gasteiger partial charge is 0.0602 e. The van der Waals surface area contributed by atoms with Gasteiger partial charge in [-0.3, -0.25) is 0 Å². The number of aryl methyl sites for hydroxylation is 1. The van der Waals surface area contributed by atoms with Crippen molar-refractivity contribution in [1.82, 2.24) is 5.32 Å². The maximum absolute atomic E-state index is 6.25. The van der Waals surface area contributed by atoms with E-state index >= 15 is 0 Å². The lowest BCUT2D eigenvalue weighted by Crippen LogP contribution is -2.30. The van der Waals surface area contributed by atoms with Crippen LogP contribution in [0.5, 0.6) is 0 Å². The number of hydrogen-bond acceptors (Lipinski definition) is 1. The molecule has 0 aromatic heterocycles. The number of piperidine rings is 1. The Hall–Kier alpha value is -0.570. The SMILES string of the molecule is COC1CC[N]C(c2ccc(C)cc2Cl)C1. The van der Waals surface area contributed by atoms with Gasteiger partial charge in [0.2, 0.25) is 0 Å². The Morgan fingerprint density at radius 3 is 2.94 bits per heavy atom. The van der Waals surface area contributed by atoms with Crippen molar-refractivity contribution in [2.24, 2.45) is 0 Å². The second-order valence-electron chi connectivity index (χ2n) is 4.33. The second-order valence-corrected chi connectivity index (χ2v) is 4.74. The van der Waals surface area contributed by atoms with Crippen LogP contribution in [-0.2, 0) is 4.74 Å². The Bertz CT molecular complexity index is 367. The highest BCUT2D eigenvalue weighted by Crippen LogP contribution is 2.31. The van der Waals surface area contributed by atoms with E-state index in [1.54, 1.807) is 7.11 Å². The zero-order valence-electron chi connectivity index (χ0n) is 9.74. The molecule has 87 valence electrons. The second kappa shape index (κ2) is 5.17. The van der Waals surface area contributed by atoms with Crippen molar-refractivity contribution in [3.63, 3.8) is 0 Å². The summed E-state index contributed by atoms with van der Waals surface area (Å²) in [5, 5.41) is 5.45. The predicted molar refractivity (Wildman–Crippen MR) is 66.0 cm³/mol. The third kappa shape index (κ3) is 2.57. The molecule has 2 nitrogen and oxygen atoms in total. The molecular weight excluding hydrogens is 222 g/mol. The predicted octanol–water partition coefficient (Wildman–Crippen LogP) is 3.10. The van der Waals surface area contributed by atoms with E-state index < -0.39 is 0 Å². The van der Waals surface area contributed by atoms with E-state index in [-0.39, 0.29) is 6.04 Å². The van der Waals surface area contributed by atoms with Crippen molar-refractivity contribution in [2.45, 2.75) is 31.9 Å². The molecule has 1 aromatic carbocycles. The summed E-state index contributed by atoms with van der Waals surface area (Å²) < 4.78 is 5.40. The van der Waals surface area contributed by atoms with Crippen molar-refractivity contribution < 1.29 is 4.74 Å². The number of hydrogen-bond donors (Lipinski definition) is 0. The first-order valence-corrected chi connectivity index (χ1v) is 6.04. The molecule has 0 aliphatic carbocycles. The zero-order chi connectivity index (χ0) is 11.5. The quantitative estimate of drug-likeness (QED) is 0.777. The first-order valence-electron chi connectivity index (χ1n) is 5.66. The van der Waals surface area contributed by atoms with Crippen LogP contribution in [-0.4, -0.2) is 19.8 Å². The average Bonchev–Trinajstić information content (AvgIpc) is 2.29. The first-order chi connectivity index (χ1) is 7.70. The summed E-state index contributed by atoms with van der Waals surface area (Å²) in [6.07, 6.45) is 2.29. The van der Waals surface area contributed by atoms with Crippen LogP contribution in [0.25, 0.3) is 0 Å². The summed E-state index contributed by atoms with van der Waals surface area (Å²) in [7, 11) is 1.77. The lowest BCUT2D eigenvalue weighted by Gasteiger charge is -2.28. The van der Waals surface area contributed by atoms with Gasteiger partial charge >= 0.3 is 0 Å². The molecule has 1 saturated heterocycles. The molecule has 3 heteroatoms. The third-order valence-electron chi connectivity index (χ3n) is 3.13. The van der Waals surface area contributed by atoms with Gasteiger partial charge in [-0.25, -0.2) is 5.32 Å². The molecule has 1 fully saturated rings. The van der Waals surface area contributed by atoms with E-state index in [4.69, 9.17) is 16.3 Å². The highest BCUT2D eigenvalue weighted by molar-refractivity contribution is 6.31. The van der Waals surface area contributed by atoms with E-state index in [0.717, 1.165) is 30.0 Å². The Balaban J connectivity index is 2.16. The summed E-state index contributed by atoms with van der Waals surface area (Å²) in [4.78, 5) is 0. The van der Waals surface area contributed by atoms with Crippen molar-refractivity contribution in [2.75, 3.05) is 13.7 Å². The molecule has 2 rings (SSSR count). The van der Waals surface area contributed by atoms with Crippen molar-refractivity contribution in [1.29, 1.82) is 0 Å². The van der Waals surface area contributed by atoms with E-state index in [0.29, 0.717) is 6.10 Å². The molecule has 1 aromatic rings. The molecule has 0 saturated carbocycles.